The molecule has 3 rings (SSSR count). The maximum Gasteiger partial charge on any atom is 0.153 e. The molecule has 0 aliphatic heterocycles. The molecule has 0 aromatic carbocycles. The van der Waals surface area contributed by atoms with E-state index >= 15 is 0 Å². The molecule has 1 aliphatic rings. The van der Waals surface area contributed by atoms with E-state index in [1.807, 2.05) is 23.1 Å². The maximum absolute atomic E-state index is 4.63. The number of nitrogens with zero attached hydrogens (tertiary/aromatic N) is 3. The number of rotatable bonds is 4. The van der Waals surface area contributed by atoms with Gasteiger partial charge in [-0.1, -0.05) is 0 Å². The molecule has 0 unspecified atom stereocenters. The monoisotopic (exact) mass is 270 g/mol. The van der Waals surface area contributed by atoms with Crippen molar-refractivity contribution in [1.82, 2.24) is 20.1 Å². The fraction of sp³-hybridized carbons (Fsp3) is 0.500. The average Bonchev–Trinajstić information content (AvgIpc) is 3.14. The lowest BCUT2D eigenvalue weighted by Crippen LogP contribution is -2.35. The van der Waals surface area contributed by atoms with Crippen LogP contribution in [0.1, 0.15) is 50.8 Å². The Morgan fingerprint density at radius 3 is 2.80 bits per heavy atom. The van der Waals surface area contributed by atoms with E-state index < -0.39 is 0 Å². The molecule has 4 nitrogen and oxygen atoms in total. The summed E-state index contributed by atoms with van der Waals surface area (Å²) < 4.78 is 1.88. The fourth-order valence-corrected chi connectivity index (χ4v) is 2.13. The van der Waals surface area contributed by atoms with Crippen LogP contribution in [0.2, 0.25) is 0 Å². The van der Waals surface area contributed by atoms with Crippen molar-refractivity contribution in [2.75, 3.05) is 0 Å². The first kappa shape index (κ1) is 13.3. The van der Waals surface area contributed by atoms with Crippen LogP contribution < -0.4 is 5.32 Å². The molecule has 106 valence electrons. The van der Waals surface area contributed by atoms with Crippen LogP contribution in [0, 0.1) is 0 Å². The molecule has 4 heteroatoms. The SMILES string of the molecule is CC(C)(C)NCc1ccnc(-n2ccc(C3CC3)n2)c1. The van der Waals surface area contributed by atoms with Crippen molar-refractivity contribution in [2.45, 2.75) is 51.6 Å². The van der Waals surface area contributed by atoms with Gasteiger partial charge in [-0.3, -0.25) is 0 Å². The lowest BCUT2D eigenvalue weighted by molar-refractivity contribution is 0.424. The van der Waals surface area contributed by atoms with Gasteiger partial charge in [-0.25, -0.2) is 9.67 Å². The van der Waals surface area contributed by atoms with E-state index in [0.29, 0.717) is 5.92 Å². The van der Waals surface area contributed by atoms with Crippen LogP contribution in [0.5, 0.6) is 0 Å². The maximum atomic E-state index is 4.63. The summed E-state index contributed by atoms with van der Waals surface area (Å²) in [6, 6.07) is 6.26. The van der Waals surface area contributed by atoms with Gasteiger partial charge >= 0.3 is 0 Å². The van der Waals surface area contributed by atoms with Crippen LogP contribution in [-0.4, -0.2) is 20.3 Å². The van der Waals surface area contributed by atoms with Gasteiger partial charge in [0.2, 0.25) is 0 Å². The highest BCUT2D eigenvalue weighted by molar-refractivity contribution is 5.28. The van der Waals surface area contributed by atoms with E-state index in [4.69, 9.17) is 0 Å². The highest BCUT2D eigenvalue weighted by Crippen LogP contribution is 2.38. The molecule has 0 bridgehead atoms. The number of hydrogen-bond donors (Lipinski definition) is 1. The van der Waals surface area contributed by atoms with Crippen molar-refractivity contribution in [1.29, 1.82) is 0 Å². The van der Waals surface area contributed by atoms with E-state index in [1.54, 1.807) is 0 Å². The molecule has 0 radical (unpaired) electrons. The number of aromatic nitrogens is 3. The Balaban J connectivity index is 1.75. The first-order chi connectivity index (χ1) is 9.51. The van der Waals surface area contributed by atoms with Crippen molar-refractivity contribution in [3.63, 3.8) is 0 Å². The van der Waals surface area contributed by atoms with Gasteiger partial charge in [0, 0.05) is 30.4 Å². The largest absolute Gasteiger partial charge is 0.308 e. The van der Waals surface area contributed by atoms with Crippen LogP contribution >= 0.6 is 0 Å². The standard InChI is InChI=1S/C16H22N4/c1-16(2,3)18-11-12-6-8-17-15(10-12)20-9-7-14(19-20)13-4-5-13/h6-10,13,18H,4-5,11H2,1-3H3. The minimum Gasteiger partial charge on any atom is -0.308 e. The van der Waals surface area contributed by atoms with Crippen molar-refractivity contribution in [2.24, 2.45) is 0 Å². The van der Waals surface area contributed by atoms with Gasteiger partial charge in [-0.2, -0.15) is 5.10 Å². The summed E-state index contributed by atoms with van der Waals surface area (Å²) in [6.45, 7) is 7.36. The zero-order chi connectivity index (χ0) is 14.2. The van der Waals surface area contributed by atoms with Gasteiger partial charge in [0.1, 0.15) is 0 Å². The molecular weight excluding hydrogens is 248 g/mol. The number of pyridine rings is 1. The van der Waals surface area contributed by atoms with Crippen LogP contribution in [-0.2, 0) is 6.54 Å². The predicted molar refractivity (Wildman–Crippen MR) is 79.9 cm³/mol. The molecular formula is C16H22N4. The molecule has 2 aromatic rings. The minimum atomic E-state index is 0.119. The van der Waals surface area contributed by atoms with E-state index in [9.17, 15) is 0 Å². The topological polar surface area (TPSA) is 42.7 Å². The highest BCUT2D eigenvalue weighted by Gasteiger charge is 2.25. The Hall–Kier alpha value is -1.68. The molecule has 2 heterocycles. The zero-order valence-corrected chi connectivity index (χ0v) is 12.4. The quantitative estimate of drug-likeness (QED) is 0.928. The van der Waals surface area contributed by atoms with Crippen molar-refractivity contribution in [3.8, 4) is 5.82 Å². The molecule has 1 saturated carbocycles. The van der Waals surface area contributed by atoms with E-state index in [0.717, 1.165) is 12.4 Å². The van der Waals surface area contributed by atoms with Gasteiger partial charge < -0.3 is 5.32 Å². The van der Waals surface area contributed by atoms with Crippen molar-refractivity contribution >= 4 is 0 Å². The van der Waals surface area contributed by atoms with E-state index in [1.165, 1.54) is 24.1 Å². The second kappa shape index (κ2) is 5.02. The Morgan fingerprint density at radius 1 is 1.30 bits per heavy atom. The fourth-order valence-electron chi connectivity index (χ4n) is 2.13. The summed E-state index contributed by atoms with van der Waals surface area (Å²) in [7, 11) is 0. The van der Waals surface area contributed by atoms with Gasteiger partial charge in [-0.05, 0) is 57.4 Å². The van der Waals surface area contributed by atoms with Gasteiger partial charge in [0.05, 0.1) is 5.69 Å². The summed E-state index contributed by atoms with van der Waals surface area (Å²) in [5.74, 6) is 1.58. The summed E-state index contributed by atoms with van der Waals surface area (Å²) in [5.41, 5.74) is 2.55. The van der Waals surface area contributed by atoms with Crippen LogP contribution in [0.15, 0.2) is 30.6 Å². The smallest absolute Gasteiger partial charge is 0.153 e. The van der Waals surface area contributed by atoms with E-state index in [2.05, 4.69) is 48.3 Å². The lowest BCUT2D eigenvalue weighted by atomic mass is 10.1. The zero-order valence-electron chi connectivity index (χ0n) is 12.4. The first-order valence-electron chi connectivity index (χ1n) is 7.27. The minimum absolute atomic E-state index is 0.119. The molecule has 1 aliphatic carbocycles. The molecule has 0 spiro atoms. The average molecular weight is 270 g/mol. The Kier molecular flexibility index (Phi) is 3.34. The summed E-state index contributed by atoms with van der Waals surface area (Å²) in [6.07, 6.45) is 6.42. The van der Waals surface area contributed by atoms with Gasteiger partial charge in [0.15, 0.2) is 5.82 Å². The Morgan fingerprint density at radius 2 is 2.10 bits per heavy atom. The summed E-state index contributed by atoms with van der Waals surface area (Å²) >= 11 is 0. The third-order valence-corrected chi connectivity index (χ3v) is 3.47. The molecule has 0 saturated heterocycles. The molecule has 20 heavy (non-hydrogen) atoms. The highest BCUT2D eigenvalue weighted by atomic mass is 15.3. The van der Waals surface area contributed by atoms with Crippen LogP contribution in [0.25, 0.3) is 5.82 Å². The second-order valence-corrected chi connectivity index (χ2v) is 6.59. The van der Waals surface area contributed by atoms with Crippen molar-refractivity contribution in [3.05, 3.63) is 41.9 Å². The normalized spacial score (nSPS) is 15.6. The number of nitrogens with one attached hydrogen (secondary N) is 1. The predicted octanol–water partition coefficient (Wildman–Crippen LogP) is 3.03. The summed E-state index contributed by atoms with van der Waals surface area (Å²) in [4.78, 5) is 4.42. The molecule has 0 atom stereocenters. The number of hydrogen-bond acceptors (Lipinski definition) is 3. The van der Waals surface area contributed by atoms with E-state index in [-0.39, 0.29) is 5.54 Å². The first-order valence-corrected chi connectivity index (χ1v) is 7.27. The van der Waals surface area contributed by atoms with Gasteiger partial charge in [0.25, 0.3) is 0 Å². The third kappa shape index (κ3) is 3.25. The molecule has 2 aromatic heterocycles. The Labute approximate surface area is 120 Å². The third-order valence-electron chi connectivity index (χ3n) is 3.47. The molecule has 0 amide bonds. The molecule has 1 fully saturated rings. The van der Waals surface area contributed by atoms with Crippen LogP contribution in [0.4, 0.5) is 0 Å². The van der Waals surface area contributed by atoms with Crippen molar-refractivity contribution < 1.29 is 0 Å². The van der Waals surface area contributed by atoms with Crippen LogP contribution in [0.3, 0.4) is 0 Å². The second-order valence-electron chi connectivity index (χ2n) is 6.59. The summed E-state index contributed by atoms with van der Waals surface area (Å²) in [5, 5.41) is 8.12. The van der Waals surface area contributed by atoms with Gasteiger partial charge in [-0.15, -0.1) is 0 Å². The molecule has 1 N–H and O–H groups in total. The Bertz CT molecular complexity index is 591. The lowest BCUT2D eigenvalue weighted by Gasteiger charge is -2.20.